The zero-order valence-corrected chi connectivity index (χ0v) is 10.6. The van der Waals surface area contributed by atoms with E-state index in [2.05, 4.69) is 20.9 Å². The summed E-state index contributed by atoms with van der Waals surface area (Å²) < 4.78 is 27.4. The molecule has 0 N–H and O–H groups in total. The van der Waals surface area contributed by atoms with Crippen molar-refractivity contribution in [2.75, 3.05) is 18.0 Å². The summed E-state index contributed by atoms with van der Waals surface area (Å²) in [5.74, 6) is -1.91. The second-order valence-corrected chi connectivity index (χ2v) is 5.09. The molecule has 88 valence electrons. The Bertz CT molecular complexity index is 396. The van der Waals surface area contributed by atoms with E-state index in [4.69, 9.17) is 0 Å². The Balaban J connectivity index is 2.23. The molecule has 1 saturated heterocycles. The smallest absolute Gasteiger partial charge is 0.265 e. The highest BCUT2D eigenvalue weighted by Gasteiger charge is 2.35. The molecule has 2 nitrogen and oxygen atoms in total. The third-order valence-corrected chi connectivity index (χ3v) is 3.14. The van der Waals surface area contributed by atoms with Gasteiger partial charge < -0.3 is 4.90 Å². The van der Waals surface area contributed by atoms with Crippen LogP contribution in [0.25, 0.3) is 0 Å². The maximum Gasteiger partial charge on any atom is 0.265 e. The molecule has 16 heavy (non-hydrogen) atoms. The molecule has 0 radical (unpaired) electrons. The lowest BCUT2D eigenvalue weighted by molar-refractivity contribution is -0.0118. The van der Waals surface area contributed by atoms with Crippen LogP contribution in [-0.2, 0) is 0 Å². The Kier molecular flexibility index (Phi) is 3.15. The second-order valence-electron chi connectivity index (χ2n) is 4.18. The summed E-state index contributed by atoms with van der Waals surface area (Å²) in [5, 5.41) is 0. The van der Waals surface area contributed by atoms with Crippen molar-refractivity contribution in [3.63, 3.8) is 0 Å². The Labute approximate surface area is 102 Å². The molecule has 2 heterocycles. The summed E-state index contributed by atoms with van der Waals surface area (Å²) >= 11 is 3.31. The number of hydrogen-bond acceptors (Lipinski definition) is 2. The fraction of sp³-hybridized carbons (Fsp3) is 0.545. The van der Waals surface area contributed by atoms with Crippen LogP contribution in [-0.4, -0.2) is 24.0 Å². The van der Waals surface area contributed by atoms with E-state index in [0.717, 1.165) is 10.0 Å². The zero-order valence-electron chi connectivity index (χ0n) is 9.01. The fourth-order valence-electron chi connectivity index (χ4n) is 2.01. The number of aromatic nitrogens is 1. The maximum absolute atomic E-state index is 13.3. The highest BCUT2D eigenvalue weighted by molar-refractivity contribution is 9.10. The molecule has 0 aromatic carbocycles. The highest BCUT2D eigenvalue weighted by atomic mass is 79.9. The van der Waals surface area contributed by atoms with Gasteiger partial charge >= 0.3 is 0 Å². The molecule has 1 aromatic heterocycles. The molecule has 0 spiro atoms. The molecule has 0 bridgehead atoms. The molecule has 0 amide bonds. The Morgan fingerprint density at radius 2 is 2.25 bits per heavy atom. The molecule has 0 saturated carbocycles. The molecule has 2 rings (SSSR count). The van der Waals surface area contributed by atoms with Crippen molar-refractivity contribution in [1.82, 2.24) is 4.98 Å². The Hall–Kier alpha value is -0.710. The monoisotopic (exact) mass is 290 g/mol. The molecular formula is C11H13BrF2N2. The number of aryl methyl sites for hydroxylation is 1. The molecule has 1 aliphatic heterocycles. The number of piperidine rings is 1. The number of anilines is 1. The predicted octanol–water partition coefficient (Wildman–Crippen LogP) is 3.39. The number of nitrogens with zero attached hydrogens (tertiary/aromatic N) is 2. The van der Waals surface area contributed by atoms with Crippen LogP contribution in [0.15, 0.2) is 16.7 Å². The summed E-state index contributed by atoms with van der Waals surface area (Å²) in [6.45, 7) is 2.33. The summed E-state index contributed by atoms with van der Waals surface area (Å²) in [7, 11) is 0. The minimum absolute atomic E-state index is 0.0148. The summed E-state index contributed by atoms with van der Waals surface area (Å²) in [6.07, 6.45) is 2.15. The largest absolute Gasteiger partial charge is 0.350 e. The Morgan fingerprint density at radius 3 is 2.88 bits per heavy atom. The van der Waals surface area contributed by atoms with E-state index in [1.807, 2.05) is 13.0 Å². The lowest BCUT2D eigenvalue weighted by atomic mass is 10.1. The van der Waals surface area contributed by atoms with Crippen LogP contribution in [0.4, 0.5) is 14.6 Å². The van der Waals surface area contributed by atoms with E-state index in [0.29, 0.717) is 18.8 Å². The maximum atomic E-state index is 13.3. The standard InChI is InChI=1S/C11H13BrF2N2/c1-8-5-9(12)6-15-10(8)16-4-2-3-11(13,14)7-16/h5-6H,2-4,7H2,1H3. The first-order chi connectivity index (χ1) is 7.48. The normalized spacial score (nSPS) is 19.9. The van der Waals surface area contributed by atoms with E-state index < -0.39 is 5.92 Å². The predicted molar refractivity (Wildman–Crippen MR) is 63.1 cm³/mol. The number of pyridine rings is 1. The van der Waals surface area contributed by atoms with Crippen molar-refractivity contribution in [2.24, 2.45) is 0 Å². The molecule has 0 aliphatic carbocycles. The van der Waals surface area contributed by atoms with Gasteiger partial charge in [0.1, 0.15) is 5.82 Å². The van der Waals surface area contributed by atoms with E-state index in [1.54, 1.807) is 11.1 Å². The molecular weight excluding hydrogens is 278 g/mol. The average molecular weight is 291 g/mol. The van der Waals surface area contributed by atoms with Gasteiger partial charge in [-0.2, -0.15) is 0 Å². The number of alkyl halides is 2. The topological polar surface area (TPSA) is 16.1 Å². The van der Waals surface area contributed by atoms with Gasteiger partial charge in [0.15, 0.2) is 0 Å². The molecule has 0 unspecified atom stereocenters. The first-order valence-corrected chi connectivity index (χ1v) is 6.02. The first kappa shape index (κ1) is 11.8. The fourth-order valence-corrected chi connectivity index (χ4v) is 2.46. The minimum Gasteiger partial charge on any atom is -0.350 e. The first-order valence-electron chi connectivity index (χ1n) is 5.23. The van der Waals surface area contributed by atoms with Gasteiger partial charge in [0.2, 0.25) is 0 Å². The van der Waals surface area contributed by atoms with E-state index in [-0.39, 0.29) is 13.0 Å². The van der Waals surface area contributed by atoms with Gasteiger partial charge in [0.25, 0.3) is 5.92 Å². The lowest BCUT2D eigenvalue weighted by Gasteiger charge is -2.34. The van der Waals surface area contributed by atoms with Crippen LogP contribution in [0, 0.1) is 6.92 Å². The SMILES string of the molecule is Cc1cc(Br)cnc1N1CCCC(F)(F)C1. The molecule has 0 atom stereocenters. The van der Waals surface area contributed by atoms with Crippen LogP contribution in [0.2, 0.25) is 0 Å². The summed E-state index contributed by atoms with van der Waals surface area (Å²) in [6, 6.07) is 1.90. The van der Waals surface area contributed by atoms with Crippen molar-refractivity contribution in [1.29, 1.82) is 0 Å². The third-order valence-electron chi connectivity index (χ3n) is 2.71. The van der Waals surface area contributed by atoms with Crippen molar-refractivity contribution in [3.8, 4) is 0 Å². The number of rotatable bonds is 1. The van der Waals surface area contributed by atoms with Crippen LogP contribution >= 0.6 is 15.9 Å². The van der Waals surface area contributed by atoms with Crippen LogP contribution < -0.4 is 4.90 Å². The van der Waals surface area contributed by atoms with Gasteiger partial charge in [0.05, 0.1) is 6.54 Å². The average Bonchev–Trinajstić information content (AvgIpc) is 2.15. The van der Waals surface area contributed by atoms with Crippen LogP contribution in [0.5, 0.6) is 0 Å². The Morgan fingerprint density at radius 1 is 1.50 bits per heavy atom. The molecule has 1 aliphatic rings. The third kappa shape index (κ3) is 2.51. The van der Waals surface area contributed by atoms with E-state index in [1.165, 1.54) is 0 Å². The second kappa shape index (κ2) is 4.28. The van der Waals surface area contributed by atoms with Gasteiger partial charge in [-0.15, -0.1) is 0 Å². The number of halogens is 3. The van der Waals surface area contributed by atoms with Gasteiger partial charge in [-0.1, -0.05) is 0 Å². The van der Waals surface area contributed by atoms with E-state index in [9.17, 15) is 8.78 Å². The van der Waals surface area contributed by atoms with Crippen molar-refractivity contribution < 1.29 is 8.78 Å². The summed E-state index contributed by atoms with van der Waals surface area (Å²) in [4.78, 5) is 5.88. The lowest BCUT2D eigenvalue weighted by Crippen LogP contribution is -2.43. The zero-order chi connectivity index (χ0) is 11.8. The van der Waals surface area contributed by atoms with Crippen molar-refractivity contribution >= 4 is 21.7 Å². The molecule has 5 heteroatoms. The highest BCUT2D eigenvalue weighted by Crippen LogP contribution is 2.30. The van der Waals surface area contributed by atoms with Gasteiger partial charge in [-0.05, 0) is 40.9 Å². The minimum atomic E-state index is -2.58. The van der Waals surface area contributed by atoms with Gasteiger partial charge in [-0.3, -0.25) is 0 Å². The van der Waals surface area contributed by atoms with Crippen molar-refractivity contribution in [2.45, 2.75) is 25.7 Å². The molecule has 1 aromatic rings. The van der Waals surface area contributed by atoms with Gasteiger partial charge in [-0.25, -0.2) is 13.8 Å². The van der Waals surface area contributed by atoms with Crippen molar-refractivity contribution in [3.05, 3.63) is 22.3 Å². The quantitative estimate of drug-likeness (QED) is 0.788. The molecule has 1 fully saturated rings. The number of hydrogen-bond donors (Lipinski definition) is 0. The van der Waals surface area contributed by atoms with E-state index >= 15 is 0 Å². The van der Waals surface area contributed by atoms with Crippen LogP contribution in [0.3, 0.4) is 0 Å². The van der Waals surface area contributed by atoms with Gasteiger partial charge in [0, 0.05) is 23.6 Å². The van der Waals surface area contributed by atoms with Crippen LogP contribution in [0.1, 0.15) is 18.4 Å². The summed E-state index contributed by atoms with van der Waals surface area (Å²) in [5.41, 5.74) is 0.923.